The Hall–Kier alpha value is -1.55. The zero-order chi connectivity index (χ0) is 15.8. The molecule has 1 amide bonds. The SMILES string of the molecule is CC(C)[C@@H](C(=O)NN)N1c2ccccc2[C@H](C)CC1(C)C. The fourth-order valence-electron chi connectivity index (χ4n) is 3.74. The molecule has 1 aliphatic rings. The van der Waals surface area contributed by atoms with Gasteiger partial charge in [-0.25, -0.2) is 5.84 Å². The van der Waals surface area contributed by atoms with Crippen molar-refractivity contribution in [2.75, 3.05) is 4.90 Å². The number of fused-ring (bicyclic) bond motifs is 1. The molecule has 1 aromatic carbocycles. The summed E-state index contributed by atoms with van der Waals surface area (Å²) in [5.74, 6) is 5.97. The van der Waals surface area contributed by atoms with Gasteiger partial charge < -0.3 is 4.90 Å². The Morgan fingerprint density at radius 2 is 2.00 bits per heavy atom. The van der Waals surface area contributed by atoms with Gasteiger partial charge in [-0.3, -0.25) is 10.2 Å². The lowest BCUT2D eigenvalue weighted by molar-refractivity contribution is -0.123. The quantitative estimate of drug-likeness (QED) is 0.511. The van der Waals surface area contributed by atoms with Gasteiger partial charge in [0.15, 0.2) is 0 Å². The van der Waals surface area contributed by atoms with Crippen molar-refractivity contribution in [3.05, 3.63) is 29.8 Å². The molecule has 1 aliphatic heterocycles. The van der Waals surface area contributed by atoms with Crippen molar-refractivity contribution >= 4 is 11.6 Å². The second kappa shape index (κ2) is 5.68. The van der Waals surface area contributed by atoms with Crippen LogP contribution in [0.4, 0.5) is 5.69 Å². The van der Waals surface area contributed by atoms with E-state index < -0.39 is 0 Å². The van der Waals surface area contributed by atoms with Crippen LogP contribution in [-0.2, 0) is 4.79 Å². The fourth-order valence-corrected chi connectivity index (χ4v) is 3.74. The van der Waals surface area contributed by atoms with E-state index in [2.05, 4.69) is 63.1 Å². The van der Waals surface area contributed by atoms with Crippen molar-refractivity contribution in [1.82, 2.24) is 5.43 Å². The first kappa shape index (κ1) is 15.8. The van der Waals surface area contributed by atoms with Crippen LogP contribution in [0.5, 0.6) is 0 Å². The van der Waals surface area contributed by atoms with E-state index >= 15 is 0 Å². The molecule has 2 rings (SSSR count). The molecule has 21 heavy (non-hydrogen) atoms. The first-order valence-electron chi connectivity index (χ1n) is 7.68. The van der Waals surface area contributed by atoms with Crippen molar-refractivity contribution in [3.8, 4) is 0 Å². The summed E-state index contributed by atoms with van der Waals surface area (Å²) < 4.78 is 0. The van der Waals surface area contributed by atoms with Gasteiger partial charge in [0.2, 0.25) is 0 Å². The standard InChI is InChI=1S/C17H27N3O/c1-11(2)15(16(21)19-18)20-14-9-7-6-8-13(14)12(3)10-17(20,4)5/h6-9,11-12,15H,10,18H2,1-5H3,(H,19,21)/t12-,15+/m1/s1. The van der Waals surface area contributed by atoms with Crippen LogP contribution in [0.2, 0.25) is 0 Å². The van der Waals surface area contributed by atoms with Gasteiger partial charge in [0.25, 0.3) is 5.91 Å². The summed E-state index contributed by atoms with van der Waals surface area (Å²) in [5, 5.41) is 0. The van der Waals surface area contributed by atoms with Crippen LogP contribution in [0.3, 0.4) is 0 Å². The van der Waals surface area contributed by atoms with Crippen LogP contribution in [-0.4, -0.2) is 17.5 Å². The highest BCUT2D eigenvalue weighted by molar-refractivity contribution is 5.86. The number of carbonyl (C=O) groups is 1. The number of anilines is 1. The van der Waals surface area contributed by atoms with Gasteiger partial charge in [-0.1, -0.05) is 39.0 Å². The molecule has 3 N–H and O–H groups in total. The molecule has 0 bridgehead atoms. The fraction of sp³-hybridized carbons (Fsp3) is 0.588. The van der Waals surface area contributed by atoms with Crippen LogP contribution in [0.1, 0.15) is 52.5 Å². The maximum atomic E-state index is 12.4. The molecule has 2 atom stereocenters. The Kier molecular flexibility index (Phi) is 4.28. The first-order valence-corrected chi connectivity index (χ1v) is 7.68. The van der Waals surface area contributed by atoms with E-state index in [9.17, 15) is 4.79 Å². The van der Waals surface area contributed by atoms with Crippen LogP contribution in [0, 0.1) is 5.92 Å². The number of nitrogens with two attached hydrogens (primary N) is 1. The Morgan fingerprint density at radius 3 is 2.57 bits per heavy atom. The molecule has 0 saturated heterocycles. The predicted octanol–water partition coefficient (Wildman–Crippen LogP) is 2.79. The van der Waals surface area contributed by atoms with E-state index in [0.29, 0.717) is 5.92 Å². The third-order valence-corrected chi connectivity index (χ3v) is 4.51. The second-order valence-electron chi connectivity index (χ2n) is 7.04. The van der Waals surface area contributed by atoms with Crippen molar-refractivity contribution < 1.29 is 4.79 Å². The Morgan fingerprint density at radius 1 is 1.38 bits per heavy atom. The summed E-state index contributed by atoms with van der Waals surface area (Å²) in [4.78, 5) is 14.6. The molecule has 116 valence electrons. The molecule has 0 aliphatic carbocycles. The lowest BCUT2D eigenvalue weighted by Crippen LogP contribution is -2.61. The van der Waals surface area contributed by atoms with Gasteiger partial charge in [0.05, 0.1) is 0 Å². The lowest BCUT2D eigenvalue weighted by atomic mass is 9.78. The normalized spacial score (nSPS) is 21.9. The minimum atomic E-state index is -0.265. The van der Waals surface area contributed by atoms with E-state index in [1.807, 2.05) is 6.07 Å². The number of hydrazine groups is 1. The summed E-state index contributed by atoms with van der Waals surface area (Å²) >= 11 is 0. The zero-order valence-corrected chi connectivity index (χ0v) is 13.7. The minimum absolute atomic E-state index is 0.0881. The molecule has 0 fully saturated rings. The molecule has 0 aromatic heterocycles. The Labute approximate surface area is 127 Å². The number of para-hydroxylation sites is 1. The maximum absolute atomic E-state index is 12.4. The Bertz CT molecular complexity index is 525. The van der Waals surface area contributed by atoms with Crippen LogP contribution in [0.15, 0.2) is 24.3 Å². The third kappa shape index (κ3) is 2.77. The predicted molar refractivity (Wildman–Crippen MR) is 87.0 cm³/mol. The average molecular weight is 289 g/mol. The van der Waals surface area contributed by atoms with Gasteiger partial charge in [-0.2, -0.15) is 0 Å². The number of nitrogens with zero attached hydrogens (tertiary/aromatic N) is 1. The highest BCUT2D eigenvalue weighted by Gasteiger charge is 2.43. The smallest absolute Gasteiger partial charge is 0.256 e. The number of carbonyl (C=O) groups excluding carboxylic acids is 1. The topological polar surface area (TPSA) is 58.4 Å². The Balaban J connectivity index is 2.58. The summed E-state index contributed by atoms with van der Waals surface area (Å²) in [6.45, 7) is 10.8. The lowest BCUT2D eigenvalue weighted by Gasteiger charge is -2.51. The maximum Gasteiger partial charge on any atom is 0.256 e. The summed E-state index contributed by atoms with van der Waals surface area (Å²) in [6, 6.07) is 8.13. The van der Waals surface area contributed by atoms with Crippen molar-refractivity contribution in [2.24, 2.45) is 11.8 Å². The van der Waals surface area contributed by atoms with Crippen molar-refractivity contribution in [2.45, 2.75) is 58.5 Å². The first-order chi connectivity index (χ1) is 9.79. The largest absolute Gasteiger partial charge is 0.354 e. The second-order valence-corrected chi connectivity index (χ2v) is 7.04. The molecule has 1 heterocycles. The number of rotatable bonds is 3. The molecular formula is C17H27N3O. The highest BCUT2D eigenvalue weighted by atomic mass is 16.2. The molecular weight excluding hydrogens is 262 g/mol. The highest BCUT2D eigenvalue weighted by Crippen LogP contribution is 2.45. The molecule has 0 unspecified atom stereocenters. The number of benzene rings is 1. The van der Waals surface area contributed by atoms with Crippen LogP contribution < -0.4 is 16.2 Å². The van der Waals surface area contributed by atoms with Gasteiger partial charge >= 0.3 is 0 Å². The van der Waals surface area contributed by atoms with E-state index in [1.54, 1.807) is 0 Å². The monoisotopic (exact) mass is 289 g/mol. The summed E-state index contributed by atoms with van der Waals surface area (Å²) in [5.41, 5.74) is 4.72. The molecule has 0 radical (unpaired) electrons. The van der Waals surface area contributed by atoms with E-state index in [1.165, 1.54) is 5.56 Å². The molecule has 4 nitrogen and oxygen atoms in total. The number of hydrogen-bond donors (Lipinski definition) is 2. The van der Waals surface area contributed by atoms with Crippen LogP contribution >= 0.6 is 0 Å². The molecule has 0 spiro atoms. The average Bonchev–Trinajstić information content (AvgIpc) is 2.41. The summed E-state index contributed by atoms with van der Waals surface area (Å²) in [6.07, 6.45) is 1.02. The van der Waals surface area contributed by atoms with Crippen molar-refractivity contribution in [3.63, 3.8) is 0 Å². The zero-order valence-electron chi connectivity index (χ0n) is 13.7. The number of nitrogens with one attached hydrogen (secondary N) is 1. The van der Waals surface area contributed by atoms with E-state index in [0.717, 1.165) is 12.1 Å². The van der Waals surface area contributed by atoms with Crippen LogP contribution in [0.25, 0.3) is 0 Å². The van der Waals surface area contributed by atoms with E-state index in [-0.39, 0.29) is 23.4 Å². The van der Waals surface area contributed by atoms with Gasteiger partial charge in [-0.05, 0) is 43.7 Å². The number of amides is 1. The van der Waals surface area contributed by atoms with Crippen molar-refractivity contribution in [1.29, 1.82) is 0 Å². The van der Waals surface area contributed by atoms with Gasteiger partial charge in [-0.15, -0.1) is 0 Å². The number of hydrogen-bond acceptors (Lipinski definition) is 3. The van der Waals surface area contributed by atoms with Gasteiger partial charge in [0.1, 0.15) is 6.04 Å². The van der Waals surface area contributed by atoms with E-state index in [4.69, 9.17) is 5.84 Å². The molecule has 0 saturated carbocycles. The van der Waals surface area contributed by atoms with Gasteiger partial charge in [0, 0.05) is 11.2 Å². The summed E-state index contributed by atoms with van der Waals surface area (Å²) in [7, 11) is 0. The molecule has 4 heteroatoms. The third-order valence-electron chi connectivity index (χ3n) is 4.51. The minimum Gasteiger partial charge on any atom is -0.354 e. The molecule has 1 aromatic rings.